The van der Waals surface area contributed by atoms with Gasteiger partial charge in [-0.15, -0.1) is 0 Å². The summed E-state index contributed by atoms with van der Waals surface area (Å²) in [4.78, 5) is 4.30. The molecule has 0 fully saturated rings. The van der Waals surface area contributed by atoms with Crippen LogP contribution in [0, 0.1) is 0 Å². The number of hydrogen-bond acceptors (Lipinski definition) is 3. The molecule has 1 heterocycles. The van der Waals surface area contributed by atoms with E-state index in [0.717, 1.165) is 43.2 Å². The van der Waals surface area contributed by atoms with E-state index in [1.54, 1.807) is 7.05 Å². The minimum Gasteiger partial charge on any atom is -0.359 e. The zero-order chi connectivity index (χ0) is 17.6. The van der Waals surface area contributed by atoms with Crippen molar-refractivity contribution in [2.24, 2.45) is 4.99 Å². The molecule has 0 radical (unpaired) electrons. The van der Waals surface area contributed by atoms with Gasteiger partial charge >= 0.3 is 0 Å². The summed E-state index contributed by atoms with van der Waals surface area (Å²) in [7, 11) is 1.79. The molecule has 0 bridgehead atoms. The van der Waals surface area contributed by atoms with Crippen molar-refractivity contribution in [1.29, 1.82) is 0 Å². The number of nitrogens with one attached hydrogen (secondary N) is 2. The Balaban J connectivity index is 1.47. The Bertz CT molecular complexity index is 718. The van der Waals surface area contributed by atoms with E-state index < -0.39 is 0 Å². The van der Waals surface area contributed by atoms with Gasteiger partial charge in [-0.3, -0.25) is 4.99 Å². The molecule has 0 aliphatic heterocycles. The van der Waals surface area contributed by atoms with E-state index in [4.69, 9.17) is 4.52 Å². The molecule has 0 saturated heterocycles. The average molecular weight is 340 g/mol. The number of aromatic nitrogens is 1. The molecular weight excluding hydrogens is 312 g/mol. The Hall–Kier alpha value is -2.30. The molecule has 3 rings (SSSR count). The highest BCUT2D eigenvalue weighted by Gasteiger charge is 2.25. The van der Waals surface area contributed by atoms with Crippen molar-refractivity contribution in [3.05, 3.63) is 52.9 Å². The minimum absolute atomic E-state index is 0.480. The van der Waals surface area contributed by atoms with E-state index in [1.165, 1.54) is 11.1 Å². The van der Waals surface area contributed by atoms with Crippen molar-refractivity contribution in [2.45, 2.75) is 51.5 Å². The van der Waals surface area contributed by atoms with E-state index >= 15 is 0 Å². The van der Waals surface area contributed by atoms with Crippen LogP contribution in [0.4, 0.5) is 0 Å². The zero-order valence-electron chi connectivity index (χ0n) is 15.4. The topological polar surface area (TPSA) is 62.5 Å². The van der Waals surface area contributed by atoms with Crippen LogP contribution in [0.3, 0.4) is 0 Å². The second kappa shape index (κ2) is 8.19. The predicted octanol–water partition coefficient (Wildman–Crippen LogP) is 3.58. The molecule has 1 aromatic carbocycles. The number of nitrogens with zero attached hydrogens (tertiary/aromatic N) is 2. The summed E-state index contributed by atoms with van der Waals surface area (Å²) in [5.41, 5.74) is 3.97. The smallest absolute Gasteiger partial charge is 0.191 e. The first-order valence-electron chi connectivity index (χ1n) is 9.22. The van der Waals surface area contributed by atoms with Crippen molar-refractivity contribution in [1.82, 2.24) is 15.8 Å². The van der Waals surface area contributed by atoms with E-state index in [0.29, 0.717) is 18.4 Å². The van der Waals surface area contributed by atoms with Gasteiger partial charge in [-0.05, 0) is 30.4 Å². The van der Waals surface area contributed by atoms with Crippen LogP contribution in [0.5, 0.6) is 0 Å². The van der Waals surface area contributed by atoms with Gasteiger partial charge in [0, 0.05) is 31.5 Å². The van der Waals surface area contributed by atoms with Gasteiger partial charge in [0.05, 0.1) is 12.2 Å². The summed E-state index contributed by atoms with van der Waals surface area (Å²) in [5, 5.41) is 10.9. The van der Waals surface area contributed by atoms with Gasteiger partial charge in [-0.1, -0.05) is 43.3 Å². The monoisotopic (exact) mass is 340 g/mol. The third kappa shape index (κ3) is 4.03. The standard InChI is InChI=1S/C20H28N4O/c1-4-14(5-2)19-11-17(25-24-19)13-23-20(21-3)22-12-16-10-15-8-6-7-9-18(15)16/h6-9,11,14,16H,4-5,10,12-13H2,1-3H3,(H2,21,22,23). The van der Waals surface area contributed by atoms with Gasteiger partial charge in [-0.2, -0.15) is 0 Å². The van der Waals surface area contributed by atoms with Crippen molar-refractivity contribution in [3.8, 4) is 0 Å². The number of guanidine groups is 1. The third-order valence-corrected chi connectivity index (χ3v) is 5.11. The molecule has 1 unspecified atom stereocenters. The third-order valence-electron chi connectivity index (χ3n) is 5.11. The molecule has 0 amide bonds. The molecule has 1 atom stereocenters. The fraction of sp³-hybridized carbons (Fsp3) is 0.500. The SMILES string of the molecule is CCC(CC)c1cc(CNC(=NC)NCC2Cc3ccccc32)on1. The van der Waals surface area contributed by atoms with Gasteiger partial charge in [-0.25, -0.2) is 0 Å². The second-order valence-electron chi connectivity index (χ2n) is 6.64. The summed E-state index contributed by atoms with van der Waals surface area (Å²) in [6, 6.07) is 10.7. The van der Waals surface area contributed by atoms with Crippen LogP contribution in [-0.2, 0) is 13.0 Å². The predicted molar refractivity (Wildman–Crippen MR) is 101 cm³/mol. The summed E-state index contributed by atoms with van der Waals surface area (Å²) in [5.74, 6) is 2.69. The molecule has 5 nitrogen and oxygen atoms in total. The molecule has 1 aliphatic rings. The molecule has 5 heteroatoms. The Morgan fingerprint density at radius 2 is 2.08 bits per heavy atom. The van der Waals surface area contributed by atoms with Gasteiger partial charge in [0.25, 0.3) is 0 Å². The minimum atomic E-state index is 0.480. The molecule has 1 aliphatic carbocycles. The second-order valence-corrected chi connectivity index (χ2v) is 6.64. The largest absolute Gasteiger partial charge is 0.359 e. The van der Waals surface area contributed by atoms with Crippen LogP contribution in [0.15, 0.2) is 39.8 Å². The maximum atomic E-state index is 5.45. The quantitative estimate of drug-likeness (QED) is 0.597. The lowest BCUT2D eigenvalue weighted by atomic mass is 9.78. The Morgan fingerprint density at radius 1 is 1.28 bits per heavy atom. The van der Waals surface area contributed by atoms with Crippen molar-refractivity contribution in [3.63, 3.8) is 0 Å². The molecule has 134 valence electrons. The molecule has 25 heavy (non-hydrogen) atoms. The van der Waals surface area contributed by atoms with Gasteiger partial charge < -0.3 is 15.2 Å². The van der Waals surface area contributed by atoms with E-state index in [-0.39, 0.29) is 0 Å². The van der Waals surface area contributed by atoms with Gasteiger partial charge in [0.15, 0.2) is 11.7 Å². The first-order valence-corrected chi connectivity index (χ1v) is 9.22. The lowest BCUT2D eigenvalue weighted by Gasteiger charge is -2.30. The van der Waals surface area contributed by atoms with Crippen LogP contribution in [0.1, 0.15) is 61.1 Å². The van der Waals surface area contributed by atoms with E-state index in [1.807, 2.05) is 0 Å². The maximum absolute atomic E-state index is 5.45. The lowest BCUT2D eigenvalue weighted by molar-refractivity contribution is 0.368. The normalized spacial score (nSPS) is 16.5. The van der Waals surface area contributed by atoms with E-state index in [2.05, 4.69) is 65.0 Å². The molecular formula is C20H28N4O. The molecule has 2 aromatic rings. The number of rotatable bonds is 7. The molecule has 2 N–H and O–H groups in total. The molecule has 0 spiro atoms. The number of fused-ring (bicyclic) bond motifs is 1. The van der Waals surface area contributed by atoms with E-state index in [9.17, 15) is 0 Å². The van der Waals surface area contributed by atoms with Crippen LogP contribution >= 0.6 is 0 Å². The first-order chi connectivity index (χ1) is 12.2. The van der Waals surface area contributed by atoms with Crippen molar-refractivity contribution in [2.75, 3.05) is 13.6 Å². The average Bonchev–Trinajstić information content (AvgIpc) is 3.08. The summed E-state index contributed by atoms with van der Waals surface area (Å²) >= 11 is 0. The van der Waals surface area contributed by atoms with Gasteiger partial charge in [0.1, 0.15) is 0 Å². The fourth-order valence-electron chi connectivity index (χ4n) is 3.47. The number of hydrogen-bond donors (Lipinski definition) is 2. The summed E-state index contributed by atoms with van der Waals surface area (Å²) in [6.07, 6.45) is 3.31. The fourth-order valence-corrected chi connectivity index (χ4v) is 3.47. The number of benzene rings is 1. The highest BCUT2D eigenvalue weighted by molar-refractivity contribution is 5.79. The summed E-state index contributed by atoms with van der Waals surface area (Å²) < 4.78 is 5.45. The van der Waals surface area contributed by atoms with Crippen molar-refractivity contribution < 1.29 is 4.52 Å². The lowest BCUT2D eigenvalue weighted by Crippen LogP contribution is -2.40. The van der Waals surface area contributed by atoms with Crippen LogP contribution in [0.25, 0.3) is 0 Å². The van der Waals surface area contributed by atoms with Crippen LogP contribution in [-0.4, -0.2) is 24.7 Å². The molecule has 1 aromatic heterocycles. The highest BCUT2D eigenvalue weighted by atomic mass is 16.5. The first kappa shape index (κ1) is 17.5. The Labute approximate surface area is 149 Å². The maximum Gasteiger partial charge on any atom is 0.191 e. The summed E-state index contributed by atoms with van der Waals surface area (Å²) in [6.45, 7) is 5.86. The van der Waals surface area contributed by atoms with Crippen LogP contribution < -0.4 is 10.6 Å². The van der Waals surface area contributed by atoms with Crippen LogP contribution in [0.2, 0.25) is 0 Å². The Kier molecular flexibility index (Phi) is 5.74. The highest BCUT2D eigenvalue weighted by Crippen LogP contribution is 2.33. The Morgan fingerprint density at radius 3 is 2.80 bits per heavy atom. The zero-order valence-corrected chi connectivity index (χ0v) is 15.4. The van der Waals surface area contributed by atoms with Gasteiger partial charge in [0.2, 0.25) is 0 Å². The molecule has 0 saturated carbocycles. The van der Waals surface area contributed by atoms with Crippen molar-refractivity contribution >= 4 is 5.96 Å². The number of aliphatic imine (C=N–C) groups is 1.